The van der Waals surface area contributed by atoms with E-state index in [2.05, 4.69) is 48.5 Å². The fourth-order valence-electron chi connectivity index (χ4n) is 1.81. The van der Waals surface area contributed by atoms with Gasteiger partial charge in [-0.15, -0.1) is 0 Å². The first-order chi connectivity index (χ1) is 8.15. The number of rotatable bonds is 4. The highest BCUT2D eigenvalue weighted by atomic mass is 15.2. The van der Waals surface area contributed by atoms with Gasteiger partial charge in [-0.05, 0) is 19.4 Å². The van der Waals surface area contributed by atoms with Crippen LogP contribution in [0.25, 0.3) is 0 Å². The van der Waals surface area contributed by atoms with Crippen molar-refractivity contribution < 1.29 is 0 Å². The molecule has 1 atom stereocenters. The van der Waals surface area contributed by atoms with E-state index in [9.17, 15) is 0 Å². The standard InChI is InChI=1S/C14H19N3/c1-11-4-6-14(7-5-11)12(2)15-8-13-9-16-17(3)10-13/h4-7,9-10,12,15H,8H2,1-3H3. The number of nitrogens with one attached hydrogen (secondary N) is 1. The summed E-state index contributed by atoms with van der Waals surface area (Å²) in [7, 11) is 1.94. The monoisotopic (exact) mass is 229 g/mol. The van der Waals surface area contributed by atoms with Crippen LogP contribution in [0.3, 0.4) is 0 Å². The molecule has 3 nitrogen and oxygen atoms in total. The maximum atomic E-state index is 4.16. The third-order valence-electron chi connectivity index (χ3n) is 2.95. The van der Waals surface area contributed by atoms with Gasteiger partial charge < -0.3 is 5.32 Å². The molecule has 90 valence electrons. The van der Waals surface area contributed by atoms with Crippen molar-refractivity contribution in [2.24, 2.45) is 7.05 Å². The van der Waals surface area contributed by atoms with Crippen LogP contribution in [-0.2, 0) is 13.6 Å². The topological polar surface area (TPSA) is 29.9 Å². The number of aromatic nitrogens is 2. The highest BCUT2D eigenvalue weighted by Gasteiger charge is 2.04. The molecule has 1 aromatic carbocycles. The molecule has 0 saturated carbocycles. The molecule has 0 aliphatic heterocycles. The summed E-state index contributed by atoms with van der Waals surface area (Å²) in [4.78, 5) is 0. The zero-order valence-corrected chi connectivity index (χ0v) is 10.6. The summed E-state index contributed by atoms with van der Waals surface area (Å²) in [5.41, 5.74) is 3.83. The number of nitrogens with zero attached hydrogens (tertiary/aromatic N) is 2. The van der Waals surface area contributed by atoms with Crippen LogP contribution in [0, 0.1) is 6.92 Å². The molecule has 1 N–H and O–H groups in total. The highest BCUT2D eigenvalue weighted by Crippen LogP contribution is 2.13. The Morgan fingerprint density at radius 2 is 2.00 bits per heavy atom. The molecule has 0 saturated heterocycles. The Morgan fingerprint density at radius 1 is 1.29 bits per heavy atom. The first-order valence-electron chi connectivity index (χ1n) is 5.92. The molecule has 3 heteroatoms. The summed E-state index contributed by atoms with van der Waals surface area (Å²) in [6.07, 6.45) is 3.93. The van der Waals surface area contributed by atoms with Gasteiger partial charge in [-0.3, -0.25) is 4.68 Å². The Hall–Kier alpha value is -1.61. The molecule has 0 bridgehead atoms. The van der Waals surface area contributed by atoms with Crippen LogP contribution < -0.4 is 5.32 Å². The molecule has 0 amide bonds. The van der Waals surface area contributed by atoms with Crippen molar-refractivity contribution in [3.8, 4) is 0 Å². The van der Waals surface area contributed by atoms with Crippen LogP contribution >= 0.6 is 0 Å². The predicted octanol–water partition coefficient (Wildman–Crippen LogP) is 2.58. The van der Waals surface area contributed by atoms with E-state index in [0.717, 1.165) is 6.54 Å². The second kappa shape index (κ2) is 5.15. The summed E-state index contributed by atoms with van der Waals surface area (Å²) in [6, 6.07) is 9.01. The third-order valence-corrected chi connectivity index (χ3v) is 2.95. The minimum absolute atomic E-state index is 0.357. The average Bonchev–Trinajstić information content (AvgIpc) is 2.73. The first kappa shape index (κ1) is 11.9. The number of hydrogen-bond acceptors (Lipinski definition) is 2. The lowest BCUT2D eigenvalue weighted by Gasteiger charge is -2.13. The summed E-state index contributed by atoms with van der Waals surface area (Å²) in [5, 5.41) is 7.65. The van der Waals surface area contributed by atoms with E-state index >= 15 is 0 Å². The second-order valence-corrected chi connectivity index (χ2v) is 4.54. The minimum atomic E-state index is 0.357. The van der Waals surface area contributed by atoms with E-state index in [0.29, 0.717) is 6.04 Å². The van der Waals surface area contributed by atoms with Crippen LogP contribution in [0.4, 0.5) is 0 Å². The zero-order valence-electron chi connectivity index (χ0n) is 10.6. The number of hydrogen-bond donors (Lipinski definition) is 1. The molecular formula is C14H19N3. The molecule has 1 aromatic heterocycles. The largest absolute Gasteiger partial charge is 0.306 e. The van der Waals surface area contributed by atoms with Gasteiger partial charge in [-0.2, -0.15) is 5.10 Å². The lowest BCUT2D eigenvalue weighted by Crippen LogP contribution is -2.17. The van der Waals surface area contributed by atoms with Crippen molar-refractivity contribution in [3.05, 3.63) is 53.3 Å². The fourth-order valence-corrected chi connectivity index (χ4v) is 1.81. The summed E-state index contributed by atoms with van der Waals surface area (Å²) < 4.78 is 1.83. The van der Waals surface area contributed by atoms with Crippen molar-refractivity contribution >= 4 is 0 Å². The van der Waals surface area contributed by atoms with Gasteiger partial charge in [-0.25, -0.2) is 0 Å². The average molecular weight is 229 g/mol. The zero-order chi connectivity index (χ0) is 12.3. The van der Waals surface area contributed by atoms with Gasteiger partial charge in [0, 0.05) is 31.4 Å². The summed E-state index contributed by atoms with van der Waals surface area (Å²) >= 11 is 0. The van der Waals surface area contributed by atoms with Crippen molar-refractivity contribution in [1.82, 2.24) is 15.1 Å². The van der Waals surface area contributed by atoms with E-state index in [-0.39, 0.29) is 0 Å². The van der Waals surface area contributed by atoms with E-state index in [1.54, 1.807) is 0 Å². The van der Waals surface area contributed by atoms with Crippen LogP contribution in [0.5, 0.6) is 0 Å². The van der Waals surface area contributed by atoms with E-state index in [1.807, 2.05) is 24.1 Å². The molecule has 1 unspecified atom stereocenters. The van der Waals surface area contributed by atoms with Crippen molar-refractivity contribution in [2.75, 3.05) is 0 Å². The highest BCUT2D eigenvalue weighted by molar-refractivity contribution is 5.23. The van der Waals surface area contributed by atoms with Crippen molar-refractivity contribution in [2.45, 2.75) is 26.4 Å². The Bertz CT molecular complexity index is 470. The first-order valence-corrected chi connectivity index (χ1v) is 5.92. The van der Waals surface area contributed by atoms with Crippen LogP contribution in [0.15, 0.2) is 36.7 Å². The van der Waals surface area contributed by atoms with Crippen molar-refractivity contribution in [3.63, 3.8) is 0 Å². The SMILES string of the molecule is Cc1ccc(C(C)NCc2cnn(C)c2)cc1. The Kier molecular flexibility index (Phi) is 3.59. The van der Waals surface area contributed by atoms with Crippen LogP contribution in [0.2, 0.25) is 0 Å². The van der Waals surface area contributed by atoms with Gasteiger partial charge in [-0.1, -0.05) is 29.8 Å². The van der Waals surface area contributed by atoms with Gasteiger partial charge in [0.1, 0.15) is 0 Å². The quantitative estimate of drug-likeness (QED) is 0.873. The Labute approximate surface area is 102 Å². The molecule has 0 aliphatic rings. The predicted molar refractivity (Wildman–Crippen MR) is 69.6 cm³/mol. The molecular weight excluding hydrogens is 210 g/mol. The lowest BCUT2D eigenvalue weighted by molar-refractivity contribution is 0.574. The van der Waals surface area contributed by atoms with Crippen LogP contribution in [0.1, 0.15) is 29.7 Å². The molecule has 0 radical (unpaired) electrons. The lowest BCUT2D eigenvalue weighted by atomic mass is 10.1. The summed E-state index contributed by atoms with van der Waals surface area (Å²) in [6.45, 7) is 5.14. The fraction of sp³-hybridized carbons (Fsp3) is 0.357. The second-order valence-electron chi connectivity index (χ2n) is 4.54. The normalized spacial score (nSPS) is 12.6. The third kappa shape index (κ3) is 3.17. The molecule has 0 aliphatic carbocycles. The molecule has 2 aromatic rings. The van der Waals surface area contributed by atoms with Gasteiger partial charge in [0.2, 0.25) is 0 Å². The number of benzene rings is 1. The Morgan fingerprint density at radius 3 is 2.59 bits per heavy atom. The minimum Gasteiger partial charge on any atom is -0.306 e. The van der Waals surface area contributed by atoms with Gasteiger partial charge in [0.25, 0.3) is 0 Å². The maximum Gasteiger partial charge on any atom is 0.0534 e. The van der Waals surface area contributed by atoms with Gasteiger partial charge in [0.05, 0.1) is 6.20 Å². The van der Waals surface area contributed by atoms with Gasteiger partial charge in [0.15, 0.2) is 0 Å². The molecule has 2 rings (SSSR count). The van der Waals surface area contributed by atoms with Crippen molar-refractivity contribution in [1.29, 1.82) is 0 Å². The van der Waals surface area contributed by atoms with E-state index < -0.39 is 0 Å². The smallest absolute Gasteiger partial charge is 0.0534 e. The molecule has 1 heterocycles. The molecule has 17 heavy (non-hydrogen) atoms. The number of aryl methyl sites for hydroxylation is 2. The van der Waals surface area contributed by atoms with Crippen LogP contribution in [-0.4, -0.2) is 9.78 Å². The molecule has 0 spiro atoms. The maximum absolute atomic E-state index is 4.16. The Balaban J connectivity index is 1.93. The van der Waals surface area contributed by atoms with Gasteiger partial charge >= 0.3 is 0 Å². The van der Waals surface area contributed by atoms with E-state index in [4.69, 9.17) is 0 Å². The summed E-state index contributed by atoms with van der Waals surface area (Å²) in [5.74, 6) is 0. The molecule has 0 fully saturated rings. The van der Waals surface area contributed by atoms with E-state index in [1.165, 1.54) is 16.7 Å².